The molecular weight excluding hydrogens is 318 g/mol. The van der Waals surface area contributed by atoms with E-state index in [1.807, 2.05) is 30.3 Å². The Morgan fingerprint density at radius 2 is 2.09 bits per heavy atom. The fourth-order valence-electron chi connectivity index (χ4n) is 2.30. The van der Waals surface area contributed by atoms with E-state index in [2.05, 4.69) is 14.1 Å². The summed E-state index contributed by atoms with van der Waals surface area (Å²) < 4.78 is 7.70. The highest BCUT2D eigenvalue weighted by molar-refractivity contribution is 6.99. The molecule has 0 saturated heterocycles. The lowest BCUT2D eigenvalue weighted by molar-refractivity contribution is -0.389. The number of aromatic nitrogens is 2. The molecule has 0 atom stereocenters. The van der Waals surface area contributed by atoms with Crippen molar-refractivity contribution in [3.63, 3.8) is 0 Å². The van der Waals surface area contributed by atoms with E-state index in [1.165, 1.54) is 0 Å². The highest BCUT2D eigenvalue weighted by atomic mass is 32.1. The van der Waals surface area contributed by atoms with E-state index in [-0.39, 0.29) is 11.8 Å². The number of benzene rings is 1. The Morgan fingerprint density at radius 1 is 1.30 bits per heavy atom. The van der Waals surface area contributed by atoms with Crippen LogP contribution in [0, 0.1) is 10.1 Å². The van der Waals surface area contributed by atoms with Crippen molar-refractivity contribution in [3.05, 3.63) is 52.2 Å². The lowest BCUT2D eigenvalue weighted by Gasteiger charge is -2.26. The van der Waals surface area contributed by atoms with Crippen molar-refractivity contribution in [1.29, 1.82) is 0 Å². The van der Waals surface area contributed by atoms with Crippen LogP contribution in [0.1, 0.15) is 12.1 Å². The van der Waals surface area contributed by atoms with E-state index < -0.39 is 4.92 Å². The van der Waals surface area contributed by atoms with Crippen LogP contribution in [0.5, 0.6) is 0 Å². The maximum Gasteiger partial charge on any atom is 0.406 e. The molecule has 0 saturated carbocycles. The molecule has 0 unspecified atom stereocenters. The topological polar surface area (TPSA) is 101 Å². The van der Waals surface area contributed by atoms with Crippen molar-refractivity contribution in [2.24, 2.45) is 0 Å². The Morgan fingerprint density at radius 3 is 2.74 bits per heavy atom. The summed E-state index contributed by atoms with van der Waals surface area (Å²) in [6.45, 7) is 0.849. The van der Waals surface area contributed by atoms with Gasteiger partial charge in [0.15, 0.2) is 5.69 Å². The number of hydrogen-bond acceptors (Lipinski definition) is 6. The van der Waals surface area contributed by atoms with Crippen LogP contribution in [0.15, 0.2) is 36.4 Å². The van der Waals surface area contributed by atoms with Gasteiger partial charge in [0.1, 0.15) is 0 Å². The molecule has 118 valence electrons. The Labute approximate surface area is 135 Å². The maximum absolute atomic E-state index is 12.2. The minimum absolute atomic E-state index is 0.197. The molecule has 1 aliphatic rings. The molecule has 2 amide bonds. The summed E-state index contributed by atoms with van der Waals surface area (Å²) in [5.41, 5.74) is 1.80. The first-order valence-corrected chi connectivity index (χ1v) is 7.65. The molecule has 0 radical (unpaired) electrons. The molecule has 2 heterocycles. The summed E-state index contributed by atoms with van der Waals surface area (Å²) in [6.07, 6.45) is 2.30. The molecule has 3 rings (SSSR count). The highest BCUT2D eigenvalue weighted by Gasteiger charge is 2.26. The number of carbonyl (C=O) groups is 1. The molecule has 2 aromatic rings. The van der Waals surface area contributed by atoms with Gasteiger partial charge in [-0.15, -0.1) is 4.37 Å². The van der Waals surface area contributed by atoms with E-state index in [1.54, 1.807) is 11.0 Å². The van der Waals surface area contributed by atoms with Gasteiger partial charge in [-0.25, -0.2) is 4.79 Å². The van der Waals surface area contributed by atoms with Crippen molar-refractivity contribution in [2.45, 2.75) is 6.42 Å². The maximum atomic E-state index is 12.2. The molecule has 0 spiro atoms. The Balaban J connectivity index is 1.67. The zero-order valence-corrected chi connectivity index (χ0v) is 12.8. The molecule has 1 aliphatic heterocycles. The largest absolute Gasteiger partial charge is 0.406 e. The number of amides is 2. The molecule has 1 aromatic heterocycles. The van der Waals surface area contributed by atoms with Crippen LogP contribution in [0.25, 0.3) is 5.57 Å². The van der Waals surface area contributed by atoms with Gasteiger partial charge < -0.3 is 20.3 Å². The first-order chi connectivity index (χ1) is 11.1. The highest BCUT2D eigenvalue weighted by Crippen LogP contribution is 2.28. The van der Waals surface area contributed by atoms with Crippen LogP contribution in [-0.4, -0.2) is 37.7 Å². The third kappa shape index (κ3) is 3.34. The van der Waals surface area contributed by atoms with E-state index in [9.17, 15) is 14.9 Å². The fraction of sp³-hybridized carbons (Fsp3) is 0.214. The van der Waals surface area contributed by atoms with Crippen LogP contribution in [0.2, 0.25) is 0 Å². The summed E-state index contributed by atoms with van der Waals surface area (Å²) in [7, 11) is 0. The van der Waals surface area contributed by atoms with Crippen molar-refractivity contribution < 1.29 is 9.72 Å². The van der Waals surface area contributed by atoms with E-state index in [4.69, 9.17) is 0 Å². The van der Waals surface area contributed by atoms with Gasteiger partial charge in [0.25, 0.3) is 0 Å². The van der Waals surface area contributed by atoms with E-state index in [0.29, 0.717) is 25.2 Å². The predicted molar refractivity (Wildman–Crippen MR) is 86.2 cm³/mol. The van der Waals surface area contributed by atoms with Crippen LogP contribution < -0.4 is 5.32 Å². The van der Waals surface area contributed by atoms with Gasteiger partial charge in [0, 0.05) is 18.8 Å². The van der Waals surface area contributed by atoms with Gasteiger partial charge >= 0.3 is 11.8 Å². The molecule has 1 N–H and O–H groups in total. The molecule has 0 aliphatic carbocycles. The summed E-state index contributed by atoms with van der Waals surface area (Å²) in [5, 5.41) is 13.7. The van der Waals surface area contributed by atoms with Crippen molar-refractivity contribution in [2.75, 3.05) is 18.4 Å². The number of rotatable bonds is 3. The zero-order chi connectivity index (χ0) is 16.2. The normalized spacial score (nSPS) is 14.3. The van der Waals surface area contributed by atoms with Crippen molar-refractivity contribution in [3.8, 4) is 0 Å². The van der Waals surface area contributed by atoms with Gasteiger partial charge in [0.05, 0.1) is 4.37 Å². The summed E-state index contributed by atoms with van der Waals surface area (Å²) in [4.78, 5) is 24.2. The number of urea groups is 1. The second-order valence-corrected chi connectivity index (χ2v) is 5.44. The number of nitrogens with one attached hydrogen (secondary N) is 1. The quantitative estimate of drug-likeness (QED) is 0.688. The number of hydrogen-bond donors (Lipinski definition) is 1. The van der Waals surface area contributed by atoms with Gasteiger partial charge in [-0.1, -0.05) is 24.3 Å². The molecule has 1 aromatic carbocycles. The first-order valence-electron chi connectivity index (χ1n) is 6.92. The molecule has 23 heavy (non-hydrogen) atoms. The lowest BCUT2D eigenvalue weighted by atomic mass is 10.1. The third-order valence-corrected chi connectivity index (χ3v) is 3.99. The number of carbonyl (C=O) groups excluding carboxylic acids is 1. The van der Waals surface area contributed by atoms with Gasteiger partial charge in [-0.2, -0.15) is 0 Å². The molecule has 0 bridgehead atoms. The fourth-order valence-corrected chi connectivity index (χ4v) is 2.85. The number of nitro groups is 1. The van der Waals surface area contributed by atoms with Crippen LogP contribution in [0.4, 0.5) is 16.3 Å². The minimum Gasteiger partial charge on any atom is -0.358 e. The number of para-hydroxylation sites is 1. The van der Waals surface area contributed by atoms with Crippen LogP contribution in [-0.2, 0) is 0 Å². The molecule has 9 heteroatoms. The summed E-state index contributed by atoms with van der Waals surface area (Å²) in [6, 6.07) is 9.00. The predicted octanol–water partition coefficient (Wildman–Crippen LogP) is 2.77. The molecular formula is C14H13N5O3S. The van der Waals surface area contributed by atoms with Gasteiger partial charge in [0.2, 0.25) is 11.7 Å². The summed E-state index contributed by atoms with van der Waals surface area (Å²) in [5.74, 6) is -0.219. The van der Waals surface area contributed by atoms with Crippen molar-refractivity contribution in [1.82, 2.24) is 13.6 Å². The average molecular weight is 331 g/mol. The van der Waals surface area contributed by atoms with Crippen LogP contribution in [0.3, 0.4) is 0 Å². The second kappa shape index (κ2) is 6.53. The lowest BCUT2D eigenvalue weighted by Crippen LogP contribution is -2.37. The van der Waals surface area contributed by atoms with E-state index >= 15 is 0 Å². The van der Waals surface area contributed by atoms with Gasteiger partial charge in [-0.3, -0.25) is 0 Å². The SMILES string of the molecule is O=C(Nc1ccccc1)N1CC=C(c2nsnc2[N+](=O)[O-])CC1. The van der Waals surface area contributed by atoms with Crippen molar-refractivity contribution >= 4 is 34.8 Å². The summed E-state index contributed by atoms with van der Waals surface area (Å²) >= 11 is 0.822. The standard InChI is InChI=1S/C14H13N5O3S/c20-14(15-11-4-2-1-3-5-11)18-8-6-10(7-9-18)12-13(19(21)22)17-23-16-12/h1-6H,7-9H2,(H,15,20). The number of anilines is 1. The Kier molecular flexibility index (Phi) is 4.29. The second-order valence-electron chi connectivity index (χ2n) is 4.92. The third-order valence-electron chi connectivity index (χ3n) is 3.47. The van der Waals surface area contributed by atoms with E-state index in [0.717, 1.165) is 23.0 Å². The monoisotopic (exact) mass is 331 g/mol. The zero-order valence-electron chi connectivity index (χ0n) is 12.0. The smallest absolute Gasteiger partial charge is 0.358 e. The molecule has 0 fully saturated rings. The Bertz CT molecular complexity index is 759. The minimum atomic E-state index is -0.534. The number of nitrogens with zero attached hydrogens (tertiary/aromatic N) is 4. The van der Waals surface area contributed by atoms with Crippen LogP contribution >= 0.6 is 11.7 Å². The average Bonchev–Trinajstić information content (AvgIpc) is 3.06. The molecule has 8 nitrogen and oxygen atoms in total. The first kappa shape index (κ1) is 15.1. The van der Waals surface area contributed by atoms with Gasteiger partial charge in [-0.05, 0) is 29.0 Å². The Hall–Kier alpha value is -2.81.